The molecular weight excluding hydrogens is 334 g/mol. The van der Waals surface area contributed by atoms with Gasteiger partial charge in [-0.05, 0) is 77.1 Å². The van der Waals surface area contributed by atoms with E-state index in [2.05, 4.69) is 42.0 Å². The standard InChI is InChI=1S/C17H25BrClN/c1-17(2,3)13-6-4-12(5-7-13)11-20-16-9-8-14(19)10-15(16)18/h8-10,12-13,20H,4-7,11H2,1-3H3. The molecule has 0 spiro atoms. The number of benzene rings is 1. The van der Waals surface area contributed by atoms with E-state index in [9.17, 15) is 0 Å². The number of nitrogens with one attached hydrogen (secondary N) is 1. The Kier molecular flexibility index (Phi) is 5.42. The molecular formula is C17H25BrClN. The lowest BCUT2D eigenvalue weighted by Crippen LogP contribution is -2.28. The van der Waals surface area contributed by atoms with Crippen LogP contribution in [-0.2, 0) is 0 Å². The average Bonchev–Trinajstić information content (AvgIpc) is 2.37. The second-order valence-electron chi connectivity index (χ2n) is 7.09. The maximum absolute atomic E-state index is 5.97. The molecule has 0 heterocycles. The van der Waals surface area contributed by atoms with Crippen LogP contribution in [0.25, 0.3) is 0 Å². The molecule has 0 unspecified atom stereocenters. The maximum Gasteiger partial charge on any atom is 0.0485 e. The van der Waals surface area contributed by atoms with Crippen molar-refractivity contribution in [2.24, 2.45) is 17.3 Å². The minimum Gasteiger partial charge on any atom is -0.384 e. The number of rotatable bonds is 3. The van der Waals surface area contributed by atoms with Crippen LogP contribution in [0.2, 0.25) is 5.02 Å². The van der Waals surface area contributed by atoms with Gasteiger partial charge < -0.3 is 5.32 Å². The summed E-state index contributed by atoms with van der Waals surface area (Å²) in [6, 6.07) is 5.93. The molecule has 1 nitrogen and oxygen atoms in total. The molecule has 1 saturated carbocycles. The van der Waals surface area contributed by atoms with Gasteiger partial charge in [-0.15, -0.1) is 0 Å². The summed E-state index contributed by atoms with van der Waals surface area (Å²) >= 11 is 9.53. The van der Waals surface area contributed by atoms with Crippen LogP contribution in [0.5, 0.6) is 0 Å². The Hall–Kier alpha value is -0.210. The first kappa shape index (κ1) is 16.2. The third-order valence-electron chi connectivity index (χ3n) is 4.58. The molecule has 3 heteroatoms. The van der Waals surface area contributed by atoms with Crippen molar-refractivity contribution < 1.29 is 0 Å². The first-order valence-electron chi connectivity index (χ1n) is 7.55. The first-order chi connectivity index (χ1) is 9.36. The van der Waals surface area contributed by atoms with Gasteiger partial charge in [0.05, 0.1) is 0 Å². The van der Waals surface area contributed by atoms with Crippen molar-refractivity contribution in [2.75, 3.05) is 11.9 Å². The van der Waals surface area contributed by atoms with Gasteiger partial charge in [0.25, 0.3) is 0 Å². The van der Waals surface area contributed by atoms with Crippen LogP contribution in [0.1, 0.15) is 46.5 Å². The average molecular weight is 359 g/mol. The van der Waals surface area contributed by atoms with Crippen molar-refractivity contribution >= 4 is 33.2 Å². The number of anilines is 1. The van der Waals surface area contributed by atoms with Gasteiger partial charge in [0.2, 0.25) is 0 Å². The predicted molar refractivity (Wildman–Crippen MR) is 92.5 cm³/mol. The van der Waals surface area contributed by atoms with Crippen LogP contribution in [-0.4, -0.2) is 6.54 Å². The minimum absolute atomic E-state index is 0.470. The third kappa shape index (κ3) is 4.39. The van der Waals surface area contributed by atoms with E-state index in [0.29, 0.717) is 5.41 Å². The zero-order valence-corrected chi connectivity index (χ0v) is 15.0. The molecule has 0 aromatic heterocycles. The van der Waals surface area contributed by atoms with Crippen molar-refractivity contribution in [1.82, 2.24) is 0 Å². The zero-order valence-electron chi connectivity index (χ0n) is 12.7. The summed E-state index contributed by atoms with van der Waals surface area (Å²) in [5.74, 6) is 1.69. The fourth-order valence-corrected chi connectivity index (χ4v) is 3.94. The number of hydrogen-bond acceptors (Lipinski definition) is 1. The van der Waals surface area contributed by atoms with Crippen LogP contribution in [0.4, 0.5) is 5.69 Å². The van der Waals surface area contributed by atoms with Crippen molar-refractivity contribution in [3.05, 3.63) is 27.7 Å². The Bertz CT molecular complexity index is 445. The number of halogens is 2. The van der Waals surface area contributed by atoms with Gasteiger partial charge in [0.1, 0.15) is 0 Å². The molecule has 112 valence electrons. The normalized spacial score (nSPS) is 23.6. The second-order valence-corrected chi connectivity index (χ2v) is 8.38. The highest BCUT2D eigenvalue weighted by atomic mass is 79.9. The fourth-order valence-electron chi connectivity index (χ4n) is 3.12. The predicted octanol–water partition coefficient (Wildman–Crippen LogP) is 6.37. The van der Waals surface area contributed by atoms with E-state index in [1.807, 2.05) is 18.2 Å². The number of hydrogen-bond donors (Lipinski definition) is 1. The van der Waals surface area contributed by atoms with Gasteiger partial charge in [-0.1, -0.05) is 32.4 Å². The highest BCUT2D eigenvalue weighted by molar-refractivity contribution is 9.10. The Morgan fingerprint density at radius 2 is 1.85 bits per heavy atom. The van der Waals surface area contributed by atoms with Gasteiger partial charge in [-0.2, -0.15) is 0 Å². The van der Waals surface area contributed by atoms with E-state index in [1.54, 1.807) is 0 Å². The first-order valence-corrected chi connectivity index (χ1v) is 8.72. The molecule has 0 atom stereocenters. The Morgan fingerprint density at radius 3 is 2.40 bits per heavy atom. The molecule has 1 aromatic carbocycles. The lowest BCUT2D eigenvalue weighted by Gasteiger charge is -2.37. The van der Waals surface area contributed by atoms with Gasteiger partial charge in [0.15, 0.2) is 0 Å². The monoisotopic (exact) mass is 357 g/mol. The molecule has 1 N–H and O–H groups in total. The summed E-state index contributed by atoms with van der Waals surface area (Å²) in [6.07, 6.45) is 5.44. The molecule has 0 radical (unpaired) electrons. The molecule has 0 amide bonds. The highest BCUT2D eigenvalue weighted by Crippen LogP contribution is 2.40. The van der Waals surface area contributed by atoms with Crippen molar-refractivity contribution in [2.45, 2.75) is 46.5 Å². The molecule has 1 aromatic rings. The van der Waals surface area contributed by atoms with E-state index < -0.39 is 0 Å². The quantitative estimate of drug-likeness (QED) is 0.662. The SMILES string of the molecule is CC(C)(C)C1CCC(CNc2ccc(Cl)cc2Br)CC1. The summed E-state index contributed by atoms with van der Waals surface area (Å²) in [5.41, 5.74) is 1.62. The summed E-state index contributed by atoms with van der Waals surface area (Å²) in [4.78, 5) is 0. The maximum atomic E-state index is 5.97. The van der Waals surface area contributed by atoms with Gasteiger partial charge in [-0.3, -0.25) is 0 Å². The summed E-state index contributed by atoms with van der Waals surface area (Å²) in [7, 11) is 0. The van der Waals surface area contributed by atoms with Gasteiger partial charge in [0, 0.05) is 21.7 Å². The molecule has 0 bridgehead atoms. The van der Waals surface area contributed by atoms with Crippen LogP contribution < -0.4 is 5.32 Å². The molecule has 0 aliphatic heterocycles. The van der Waals surface area contributed by atoms with Crippen molar-refractivity contribution in [3.63, 3.8) is 0 Å². The summed E-state index contributed by atoms with van der Waals surface area (Å²) in [5, 5.41) is 4.33. The third-order valence-corrected chi connectivity index (χ3v) is 5.48. The van der Waals surface area contributed by atoms with Crippen molar-refractivity contribution in [3.8, 4) is 0 Å². The van der Waals surface area contributed by atoms with Crippen LogP contribution in [0, 0.1) is 17.3 Å². The van der Waals surface area contributed by atoms with E-state index in [-0.39, 0.29) is 0 Å². The van der Waals surface area contributed by atoms with E-state index >= 15 is 0 Å². The highest BCUT2D eigenvalue weighted by Gasteiger charge is 2.29. The van der Waals surface area contributed by atoms with Crippen LogP contribution >= 0.6 is 27.5 Å². The van der Waals surface area contributed by atoms with Gasteiger partial charge in [-0.25, -0.2) is 0 Å². The zero-order chi connectivity index (χ0) is 14.8. The summed E-state index contributed by atoms with van der Waals surface area (Å²) in [6.45, 7) is 8.19. The molecule has 1 aliphatic carbocycles. The molecule has 1 aliphatic rings. The fraction of sp³-hybridized carbons (Fsp3) is 0.647. The molecule has 0 saturated heterocycles. The molecule has 2 rings (SSSR count). The second kappa shape index (κ2) is 6.70. The summed E-state index contributed by atoms with van der Waals surface area (Å²) < 4.78 is 1.05. The molecule has 1 fully saturated rings. The molecule has 20 heavy (non-hydrogen) atoms. The Balaban J connectivity index is 1.82. The van der Waals surface area contributed by atoms with E-state index in [0.717, 1.165) is 33.6 Å². The van der Waals surface area contributed by atoms with Gasteiger partial charge >= 0.3 is 0 Å². The topological polar surface area (TPSA) is 12.0 Å². The Morgan fingerprint density at radius 1 is 1.20 bits per heavy atom. The smallest absolute Gasteiger partial charge is 0.0485 e. The van der Waals surface area contributed by atoms with Crippen LogP contribution in [0.15, 0.2) is 22.7 Å². The Labute approximate surface area is 136 Å². The largest absolute Gasteiger partial charge is 0.384 e. The van der Waals surface area contributed by atoms with Crippen LogP contribution in [0.3, 0.4) is 0 Å². The van der Waals surface area contributed by atoms with Crippen molar-refractivity contribution in [1.29, 1.82) is 0 Å². The minimum atomic E-state index is 0.470. The lowest BCUT2D eigenvalue weighted by molar-refractivity contribution is 0.153. The van der Waals surface area contributed by atoms with E-state index in [1.165, 1.54) is 25.7 Å². The van der Waals surface area contributed by atoms with E-state index in [4.69, 9.17) is 11.6 Å². The lowest BCUT2D eigenvalue weighted by atomic mass is 9.70.